The van der Waals surface area contributed by atoms with E-state index in [2.05, 4.69) is 53.0 Å². The van der Waals surface area contributed by atoms with Gasteiger partial charge in [-0.15, -0.1) is 0 Å². The number of hydrogen-bond acceptors (Lipinski definition) is 2. The Bertz CT molecular complexity index is 544. The van der Waals surface area contributed by atoms with Gasteiger partial charge in [0, 0.05) is 32.6 Å². The summed E-state index contributed by atoms with van der Waals surface area (Å²) >= 11 is 0. The van der Waals surface area contributed by atoms with Gasteiger partial charge in [0.25, 0.3) is 0 Å². The minimum atomic E-state index is 0.185. The van der Waals surface area contributed by atoms with Crippen LogP contribution in [-0.2, 0) is 11.2 Å². The SMILES string of the molecule is CN=C(NCCNC(=O)C1CC1)NCCc1cc(C)cc(C)c1. The molecule has 5 nitrogen and oxygen atoms in total. The van der Waals surface area contributed by atoms with E-state index in [1.807, 2.05) is 0 Å². The molecule has 5 heteroatoms. The number of rotatable bonds is 7. The fourth-order valence-corrected chi connectivity index (χ4v) is 2.62. The zero-order valence-electron chi connectivity index (χ0n) is 14.4. The van der Waals surface area contributed by atoms with Crippen molar-refractivity contribution < 1.29 is 4.79 Å². The standard InChI is InChI=1S/C18H28N4O/c1-13-10-14(2)12-15(11-13)6-7-21-18(19-3)22-9-8-20-17(23)16-4-5-16/h10-12,16H,4-9H2,1-3H3,(H,20,23)(H2,19,21,22). The first-order valence-corrected chi connectivity index (χ1v) is 8.38. The third kappa shape index (κ3) is 6.30. The maximum atomic E-state index is 11.5. The molecule has 2 rings (SSSR count). The lowest BCUT2D eigenvalue weighted by Crippen LogP contribution is -2.42. The van der Waals surface area contributed by atoms with Gasteiger partial charge in [-0.1, -0.05) is 29.3 Å². The van der Waals surface area contributed by atoms with Gasteiger partial charge in [-0.3, -0.25) is 9.79 Å². The summed E-state index contributed by atoms with van der Waals surface area (Å²) in [6.45, 7) is 6.40. The Morgan fingerprint density at radius 2 is 1.65 bits per heavy atom. The van der Waals surface area contributed by atoms with E-state index in [1.165, 1.54) is 16.7 Å². The monoisotopic (exact) mass is 316 g/mol. The summed E-state index contributed by atoms with van der Waals surface area (Å²) in [5, 5.41) is 9.46. The largest absolute Gasteiger partial charge is 0.356 e. The molecule has 0 bridgehead atoms. The Morgan fingerprint density at radius 3 is 2.26 bits per heavy atom. The lowest BCUT2D eigenvalue weighted by Gasteiger charge is -2.12. The number of amides is 1. The Hall–Kier alpha value is -2.04. The van der Waals surface area contributed by atoms with Crippen molar-refractivity contribution in [1.82, 2.24) is 16.0 Å². The molecule has 0 heterocycles. The Morgan fingerprint density at radius 1 is 1.04 bits per heavy atom. The van der Waals surface area contributed by atoms with Crippen LogP contribution in [0.2, 0.25) is 0 Å². The zero-order valence-corrected chi connectivity index (χ0v) is 14.4. The molecule has 0 aromatic heterocycles. The topological polar surface area (TPSA) is 65.5 Å². The number of guanidine groups is 1. The summed E-state index contributed by atoms with van der Waals surface area (Å²) in [5.41, 5.74) is 3.94. The number of aliphatic imine (C=N–C) groups is 1. The van der Waals surface area contributed by atoms with E-state index in [1.54, 1.807) is 7.05 Å². The van der Waals surface area contributed by atoms with Crippen LogP contribution in [0.1, 0.15) is 29.5 Å². The molecular formula is C18H28N4O. The van der Waals surface area contributed by atoms with Crippen molar-refractivity contribution in [3.8, 4) is 0 Å². The molecule has 3 N–H and O–H groups in total. The van der Waals surface area contributed by atoms with E-state index in [9.17, 15) is 4.79 Å². The highest BCUT2D eigenvalue weighted by Gasteiger charge is 2.28. The molecule has 0 unspecified atom stereocenters. The lowest BCUT2D eigenvalue weighted by atomic mass is 10.1. The first-order valence-electron chi connectivity index (χ1n) is 8.38. The molecule has 126 valence electrons. The highest BCUT2D eigenvalue weighted by atomic mass is 16.2. The highest BCUT2D eigenvalue weighted by Crippen LogP contribution is 2.28. The molecule has 1 fully saturated rings. The van der Waals surface area contributed by atoms with Gasteiger partial charge in [0.1, 0.15) is 0 Å². The van der Waals surface area contributed by atoms with E-state index in [0.717, 1.165) is 31.8 Å². The molecular weight excluding hydrogens is 288 g/mol. The average molecular weight is 316 g/mol. The summed E-state index contributed by atoms with van der Waals surface area (Å²) in [7, 11) is 1.76. The van der Waals surface area contributed by atoms with Crippen LogP contribution in [0.5, 0.6) is 0 Å². The fraction of sp³-hybridized carbons (Fsp3) is 0.556. The van der Waals surface area contributed by atoms with Crippen molar-refractivity contribution in [3.63, 3.8) is 0 Å². The number of aryl methyl sites for hydroxylation is 2. The third-order valence-electron chi connectivity index (χ3n) is 3.88. The van der Waals surface area contributed by atoms with Crippen molar-refractivity contribution in [2.45, 2.75) is 33.1 Å². The summed E-state index contributed by atoms with van der Waals surface area (Å²) in [4.78, 5) is 15.7. The third-order valence-corrected chi connectivity index (χ3v) is 3.88. The highest BCUT2D eigenvalue weighted by molar-refractivity contribution is 5.81. The number of nitrogens with one attached hydrogen (secondary N) is 3. The second-order valence-corrected chi connectivity index (χ2v) is 6.24. The van der Waals surface area contributed by atoms with Crippen LogP contribution in [0, 0.1) is 19.8 Å². The van der Waals surface area contributed by atoms with E-state index >= 15 is 0 Å². The van der Waals surface area contributed by atoms with Gasteiger partial charge in [0.15, 0.2) is 5.96 Å². The predicted molar refractivity (Wildman–Crippen MR) is 94.7 cm³/mol. The van der Waals surface area contributed by atoms with Crippen molar-refractivity contribution in [1.29, 1.82) is 0 Å². The predicted octanol–water partition coefficient (Wildman–Crippen LogP) is 1.54. The molecule has 0 radical (unpaired) electrons. The maximum absolute atomic E-state index is 11.5. The Balaban J connectivity index is 1.63. The van der Waals surface area contributed by atoms with Crippen LogP contribution in [0.25, 0.3) is 0 Å². The molecule has 0 saturated heterocycles. The van der Waals surface area contributed by atoms with Gasteiger partial charge in [-0.25, -0.2) is 0 Å². The summed E-state index contributed by atoms with van der Waals surface area (Å²) in [6, 6.07) is 6.63. The number of carbonyl (C=O) groups is 1. The van der Waals surface area contributed by atoms with Gasteiger partial charge in [-0.05, 0) is 38.7 Å². The molecule has 1 aliphatic carbocycles. The van der Waals surface area contributed by atoms with Crippen LogP contribution >= 0.6 is 0 Å². The molecule has 0 aliphatic heterocycles. The van der Waals surface area contributed by atoms with Crippen molar-refractivity contribution in [2.75, 3.05) is 26.7 Å². The van der Waals surface area contributed by atoms with Crippen LogP contribution in [0.4, 0.5) is 0 Å². The van der Waals surface area contributed by atoms with Crippen molar-refractivity contribution in [3.05, 3.63) is 34.9 Å². The minimum absolute atomic E-state index is 0.185. The first-order chi connectivity index (χ1) is 11.1. The van der Waals surface area contributed by atoms with E-state index in [0.29, 0.717) is 13.1 Å². The van der Waals surface area contributed by atoms with Crippen LogP contribution < -0.4 is 16.0 Å². The Labute approximate surface area is 139 Å². The molecule has 1 aromatic carbocycles. The smallest absolute Gasteiger partial charge is 0.223 e. The molecule has 0 spiro atoms. The first kappa shape index (κ1) is 17.3. The lowest BCUT2D eigenvalue weighted by molar-refractivity contribution is -0.122. The normalized spacial score (nSPS) is 14.5. The number of carbonyl (C=O) groups excluding carboxylic acids is 1. The number of nitrogens with zero attached hydrogens (tertiary/aromatic N) is 1. The molecule has 23 heavy (non-hydrogen) atoms. The average Bonchev–Trinajstić information content (AvgIpc) is 3.33. The molecule has 1 amide bonds. The van der Waals surface area contributed by atoms with Crippen LogP contribution in [0.15, 0.2) is 23.2 Å². The van der Waals surface area contributed by atoms with Gasteiger partial charge < -0.3 is 16.0 Å². The zero-order chi connectivity index (χ0) is 16.7. The van der Waals surface area contributed by atoms with Crippen molar-refractivity contribution in [2.24, 2.45) is 10.9 Å². The van der Waals surface area contributed by atoms with E-state index in [-0.39, 0.29) is 11.8 Å². The quantitative estimate of drug-likeness (QED) is 0.406. The van der Waals surface area contributed by atoms with Crippen LogP contribution in [0.3, 0.4) is 0 Å². The van der Waals surface area contributed by atoms with E-state index < -0.39 is 0 Å². The van der Waals surface area contributed by atoms with Crippen molar-refractivity contribution >= 4 is 11.9 Å². The summed E-state index contributed by atoms with van der Waals surface area (Å²) in [6.07, 6.45) is 3.05. The van der Waals surface area contributed by atoms with Gasteiger partial charge in [0.05, 0.1) is 0 Å². The summed E-state index contributed by atoms with van der Waals surface area (Å²) in [5.74, 6) is 1.23. The molecule has 1 saturated carbocycles. The second kappa shape index (κ2) is 8.56. The number of benzene rings is 1. The Kier molecular flexibility index (Phi) is 6.44. The minimum Gasteiger partial charge on any atom is -0.356 e. The van der Waals surface area contributed by atoms with E-state index in [4.69, 9.17) is 0 Å². The number of hydrogen-bond donors (Lipinski definition) is 3. The van der Waals surface area contributed by atoms with Gasteiger partial charge in [0.2, 0.25) is 5.91 Å². The molecule has 1 aromatic rings. The maximum Gasteiger partial charge on any atom is 0.223 e. The molecule has 1 aliphatic rings. The second-order valence-electron chi connectivity index (χ2n) is 6.24. The summed E-state index contributed by atoms with van der Waals surface area (Å²) < 4.78 is 0. The van der Waals surface area contributed by atoms with Crippen LogP contribution in [-0.4, -0.2) is 38.5 Å². The fourth-order valence-electron chi connectivity index (χ4n) is 2.62. The van der Waals surface area contributed by atoms with Gasteiger partial charge in [-0.2, -0.15) is 0 Å². The van der Waals surface area contributed by atoms with Gasteiger partial charge >= 0.3 is 0 Å². The molecule has 0 atom stereocenters.